The molecular formula is C19H15F4NO4. The van der Waals surface area contributed by atoms with E-state index in [1.165, 1.54) is 7.11 Å². The number of amides is 1. The number of likely N-dealkylation sites (tertiary alicyclic amines) is 1. The Balaban J connectivity index is 1.95. The molecule has 3 rings (SSSR count). The molecule has 2 aromatic rings. The maximum absolute atomic E-state index is 13.6. The maximum atomic E-state index is 13.6. The van der Waals surface area contributed by atoms with Gasteiger partial charge in [0.25, 0.3) is 0 Å². The lowest BCUT2D eigenvalue weighted by Crippen LogP contribution is -2.57. The first-order valence-electron chi connectivity index (χ1n) is 8.16. The molecule has 1 aliphatic heterocycles. The van der Waals surface area contributed by atoms with Crippen LogP contribution in [0.25, 0.3) is 0 Å². The van der Waals surface area contributed by atoms with Crippen molar-refractivity contribution in [1.29, 1.82) is 0 Å². The Kier molecular flexibility index (Phi) is 5.01. The van der Waals surface area contributed by atoms with Crippen LogP contribution in [0.1, 0.15) is 22.7 Å². The zero-order chi connectivity index (χ0) is 20.6. The van der Waals surface area contributed by atoms with Gasteiger partial charge < -0.3 is 14.7 Å². The average Bonchev–Trinajstić information content (AvgIpc) is 2.63. The summed E-state index contributed by atoms with van der Waals surface area (Å²) < 4.78 is 57.6. The van der Waals surface area contributed by atoms with Crippen LogP contribution in [0.15, 0.2) is 42.5 Å². The third kappa shape index (κ3) is 3.51. The number of carbonyl (C=O) groups excluding carboxylic acids is 1. The second-order valence-corrected chi connectivity index (χ2v) is 6.31. The molecule has 0 aromatic heterocycles. The monoisotopic (exact) mass is 397 g/mol. The largest absolute Gasteiger partial charge is 0.497 e. The number of benzene rings is 2. The lowest BCUT2D eigenvalue weighted by molar-refractivity contribution is -0.171. The second-order valence-electron chi connectivity index (χ2n) is 6.31. The highest BCUT2D eigenvalue weighted by molar-refractivity contribution is 6.03. The molecule has 1 fully saturated rings. The first kappa shape index (κ1) is 19.7. The van der Waals surface area contributed by atoms with E-state index in [0.29, 0.717) is 23.4 Å². The molecule has 1 heterocycles. The van der Waals surface area contributed by atoms with Crippen molar-refractivity contribution in [1.82, 2.24) is 4.90 Å². The van der Waals surface area contributed by atoms with Gasteiger partial charge >= 0.3 is 12.1 Å². The van der Waals surface area contributed by atoms with Gasteiger partial charge in [-0.3, -0.25) is 9.59 Å². The van der Waals surface area contributed by atoms with Gasteiger partial charge in [0.15, 0.2) is 5.92 Å². The Hall–Kier alpha value is -3.10. The van der Waals surface area contributed by atoms with E-state index in [9.17, 15) is 32.3 Å². The van der Waals surface area contributed by atoms with Crippen molar-refractivity contribution >= 4 is 11.9 Å². The van der Waals surface area contributed by atoms with Gasteiger partial charge in [-0.2, -0.15) is 13.2 Å². The third-order valence-electron chi connectivity index (χ3n) is 4.62. The number of carboxylic acids is 1. The number of ether oxygens (including phenoxy) is 1. The number of hydrogen-bond acceptors (Lipinski definition) is 3. The van der Waals surface area contributed by atoms with E-state index < -0.39 is 41.4 Å². The van der Waals surface area contributed by atoms with Crippen LogP contribution < -0.4 is 4.74 Å². The van der Waals surface area contributed by atoms with E-state index in [1.807, 2.05) is 0 Å². The Labute approximate surface area is 157 Å². The van der Waals surface area contributed by atoms with Crippen molar-refractivity contribution in [3.05, 3.63) is 65.0 Å². The zero-order valence-corrected chi connectivity index (χ0v) is 14.5. The third-order valence-corrected chi connectivity index (χ3v) is 4.62. The molecule has 1 N–H and O–H groups in total. The molecule has 0 bridgehead atoms. The van der Waals surface area contributed by atoms with Gasteiger partial charge in [-0.25, -0.2) is 4.39 Å². The maximum Gasteiger partial charge on any atom is 0.419 e. The SMILES string of the molecule is COc1ccc(CN2C(=O)C(C(=O)O)C2c2ccc(F)c(C(F)(F)F)c2)cc1. The topological polar surface area (TPSA) is 66.8 Å². The quantitative estimate of drug-likeness (QED) is 0.475. The van der Waals surface area contributed by atoms with E-state index in [0.717, 1.165) is 11.0 Å². The fraction of sp³-hybridized carbons (Fsp3) is 0.263. The van der Waals surface area contributed by atoms with Gasteiger partial charge in [-0.05, 0) is 35.4 Å². The number of rotatable bonds is 5. The van der Waals surface area contributed by atoms with Crippen LogP contribution in [0, 0.1) is 11.7 Å². The number of alkyl halides is 3. The molecule has 1 saturated heterocycles. The predicted molar refractivity (Wildman–Crippen MR) is 88.8 cm³/mol. The van der Waals surface area contributed by atoms with E-state index >= 15 is 0 Å². The van der Waals surface area contributed by atoms with E-state index in [1.54, 1.807) is 24.3 Å². The van der Waals surface area contributed by atoms with E-state index in [4.69, 9.17) is 4.74 Å². The van der Waals surface area contributed by atoms with Crippen LogP contribution in [0.5, 0.6) is 5.75 Å². The smallest absolute Gasteiger partial charge is 0.419 e. The van der Waals surface area contributed by atoms with Crippen LogP contribution in [0.2, 0.25) is 0 Å². The molecule has 9 heteroatoms. The summed E-state index contributed by atoms with van der Waals surface area (Å²) in [5.41, 5.74) is -0.951. The minimum Gasteiger partial charge on any atom is -0.497 e. The summed E-state index contributed by atoms with van der Waals surface area (Å²) >= 11 is 0. The highest BCUT2D eigenvalue weighted by atomic mass is 19.4. The van der Waals surface area contributed by atoms with Gasteiger partial charge in [-0.15, -0.1) is 0 Å². The summed E-state index contributed by atoms with van der Waals surface area (Å²) in [6.45, 7) is -0.00397. The van der Waals surface area contributed by atoms with E-state index in [-0.39, 0.29) is 12.1 Å². The second kappa shape index (κ2) is 7.14. The number of nitrogens with zero attached hydrogens (tertiary/aromatic N) is 1. The Morgan fingerprint density at radius 1 is 1.18 bits per heavy atom. The number of aliphatic carboxylic acids is 1. The van der Waals surface area contributed by atoms with Crippen LogP contribution in [-0.2, 0) is 22.3 Å². The van der Waals surface area contributed by atoms with Crippen molar-refractivity contribution in [2.45, 2.75) is 18.8 Å². The molecule has 0 radical (unpaired) electrons. The predicted octanol–water partition coefficient (Wildman–Crippen LogP) is 3.64. The van der Waals surface area contributed by atoms with Crippen molar-refractivity contribution in [2.75, 3.05) is 7.11 Å². The van der Waals surface area contributed by atoms with Crippen LogP contribution in [-0.4, -0.2) is 29.0 Å². The lowest BCUT2D eigenvalue weighted by atomic mass is 9.81. The summed E-state index contributed by atoms with van der Waals surface area (Å²) in [6.07, 6.45) is -4.94. The molecule has 28 heavy (non-hydrogen) atoms. The zero-order valence-electron chi connectivity index (χ0n) is 14.5. The molecule has 2 aromatic carbocycles. The van der Waals surface area contributed by atoms with Crippen LogP contribution in [0.3, 0.4) is 0 Å². The Morgan fingerprint density at radius 2 is 1.82 bits per heavy atom. The molecule has 1 amide bonds. The summed E-state index contributed by atoms with van der Waals surface area (Å²) in [5, 5.41) is 9.31. The lowest BCUT2D eigenvalue weighted by Gasteiger charge is -2.45. The minimum atomic E-state index is -4.94. The van der Waals surface area contributed by atoms with Gasteiger partial charge in [-0.1, -0.05) is 18.2 Å². The molecule has 0 saturated carbocycles. The molecule has 0 aliphatic carbocycles. The van der Waals surface area contributed by atoms with Crippen LogP contribution >= 0.6 is 0 Å². The van der Waals surface area contributed by atoms with Crippen molar-refractivity contribution < 1.29 is 37.0 Å². The molecule has 1 aliphatic rings. The van der Waals surface area contributed by atoms with E-state index in [2.05, 4.69) is 0 Å². The summed E-state index contributed by atoms with van der Waals surface area (Å²) in [4.78, 5) is 24.9. The number of methoxy groups -OCH3 is 1. The molecule has 0 spiro atoms. The molecular weight excluding hydrogens is 382 g/mol. The number of β-lactam (4-membered cyclic amide) rings is 1. The fourth-order valence-electron chi connectivity index (χ4n) is 3.21. The average molecular weight is 397 g/mol. The first-order valence-corrected chi connectivity index (χ1v) is 8.16. The Morgan fingerprint density at radius 3 is 2.36 bits per heavy atom. The van der Waals surface area contributed by atoms with Gasteiger partial charge in [0, 0.05) is 6.54 Å². The number of carboxylic acid groups (broad SMARTS) is 1. The van der Waals surface area contributed by atoms with Crippen molar-refractivity contribution in [3.63, 3.8) is 0 Å². The van der Waals surface area contributed by atoms with Gasteiger partial charge in [0.1, 0.15) is 11.6 Å². The fourth-order valence-corrected chi connectivity index (χ4v) is 3.21. The first-order chi connectivity index (χ1) is 13.1. The number of hydrogen-bond donors (Lipinski definition) is 1. The number of halogens is 4. The molecule has 5 nitrogen and oxygen atoms in total. The Bertz CT molecular complexity index is 911. The molecule has 2 unspecified atom stereocenters. The van der Waals surface area contributed by atoms with Crippen molar-refractivity contribution in [3.8, 4) is 5.75 Å². The molecule has 148 valence electrons. The summed E-state index contributed by atoms with van der Waals surface area (Å²) in [6, 6.07) is 7.72. The standard InChI is InChI=1S/C19H15F4NO4/c1-28-12-5-2-10(3-6-12)9-24-16(15(17(24)25)18(26)27)11-4-7-14(20)13(8-11)19(21,22)23/h2-8,15-16H,9H2,1H3,(H,26,27). The van der Waals surface area contributed by atoms with Crippen molar-refractivity contribution in [2.24, 2.45) is 5.92 Å². The van der Waals surface area contributed by atoms with Gasteiger partial charge in [0.2, 0.25) is 5.91 Å². The number of carbonyl (C=O) groups is 2. The highest BCUT2D eigenvalue weighted by Gasteiger charge is 2.53. The van der Waals surface area contributed by atoms with Gasteiger partial charge in [0.05, 0.1) is 18.7 Å². The van der Waals surface area contributed by atoms with Crippen LogP contribution in [0.4, 0.5) is 17.6 Å². The normalized spacial score (nSPS) is 19.3. The summed E-state index contributed by atoms with van der Waals surface area (Å²) in [5.74, 6) is -4.57. The highest BCUT2D eigenvalue weighted by Crippen LogP contribution is 2.43. The summed E-state index contributed by atoms with van der Waals surface area (Å²) in [7, 11) is 1.48. The molecule has 2 atom stereocenters. The minimum absolute atomic E-state index is 0.00397.